The Morgan fingerprint density at radius 3 is 2.58 bits per heavy atom. The number of carbonyl (C=O) groups is 1. The van der Waals surface area contributed by atoms with Gasteiger partial charge in [0.1, 0.15) is 34.0 Å². The standard InChI is InChI=1S/C19H15FO6/c20-12-5-2-1-4-11(12)17-14(6-3-7-16(23)24)26-15-9-10(21)8-13(22)18(15)19(17)25/h1-2,4-5,8-9,21-22H,3,6-7H2,(H,23,24). The Morgan fingerprint density at radius 1 is 1.15 bits per heavy atom. The molecule has 0 fully saturated rings. The zero-order valence-electron chi connectivity index (χ0n) is 13.5. The molecule has 0 aliphatic heterocycles. The molecule has 3 N–H and O–H groups in total. The van der Waals surface area contributed by atoms with Gasteiger partial charge in [0.05, 0.1) is 5.56 Å². The molecule has 0 amide bonds. The van der Waals surface area contributed by atoms with Gasteiger partial charge in [0.2, 0.25) is 5.43 Å². The number of phenols is 2. The SMILES string of the molecule is O=C(O)CCCc1oc2cc(O)cc(O)c2c(=O)c1-c1ccccc1F. The Bertz CT molecular complexity index is 1050. The molecular weight excluding hydrogens is 343 g/mol. The molecule has 0 unspecified atom stereocenters. The van der Waals surface area contributed by atoms with Crippen LogP contribution in [0, 0.1) is 5.82 Å². The van der Waals surface area contributed by atoms with Crippen molar-refractivity contribution in [3.8, 4) is 22.6 Å². The molecule has 0 atom stereocenters. The molecule has 134 valence electrons. The van der Waals surface area contributed by atoms with Crippen molar-refractivity contribution < 1.29 is 28.9 Å². The topological polar surface area (TPSA) is 108 Å². The number of phenolic OH excluding ortho intramolecular Hbond substituents is 2. The Balaban J connectivity index is 2.28. The van der Waals surface area contributed by atoms with Crippen molar-refractivity contribution in [2.75, 3.05) is 0 Å². The van der Waals surface area contributed by atoms with Crippen LogP contribution in [0.1, 0.15) is 18.6 Å². The minimum absolute atomic E-state index is 0.000880. The van der Waals surface area contributed by atoms with Gasteiger partial charge in [-0.25, -0.2) is 4.39 Å². The normalized spacial score (nSPS) is 11.0. The molecule has 0 radical (unpaired) electrons. The Kier molecular flexibility index (Phi) is 4.62. The summed E-state index contributed by atoms with van der Waals surface area (Å²) in [5.41, 5.74) is -0.778. The van der Waals surface area contributed by atoms with Crippen molar-refractivity contribution in [3.05, 3.63) is 58.2 Å². The number of carboxylic acid groups (broad SMARTS) is 1. The van der Waals surface area contributed by atoms with Crippen molar-refractivity contribution >= 4 is 16.9 Å². The van der Waals surface area contributed by atoms with E-state index < -0.39 is 23.0 Å². The van der Waals surface area contributed by atoms with Crippen molar-refractivity contribution in [2.45, 2.75) is 19.3 Å². The van der Waals surface area contributed by atoms with E-state index in [0.29, 0.717) is 0 Å². The number of hydrogen-bond acceptors (Lipinski definition) is 5. The van der Waals surface area contributed by atoms with E-state index in [1.165, 1.54) is 24.3 Å². The lowest BCUT2D eigenvalue weighted by Gasteiger charge is -2.11. The second kappa shape index (κ2) is 6.87. The third-order valence-corrected chi connectivity index (χ3v) is 3.97. The maximum absolute atomic E-state index is 14.3. The summed E-state index contributed by atoms with van der Waals surface area (Å²) >= 11 is 0. The van der Waals surface area contributed by atoms with Crippen molar-refractivity contribution in [2.24, 2.45) is 0 Å². The van der Waals surface area contributed by atoms with Crippen LogP contribution in [0.5, 0.6) is 11.5 Å². The molecule has 3 rings (SSSR count). The first-order valence-electron chi connectivity index (χ1n) is 7.87. The van der Waals surface area contributed by atoms with Crippen LogP contribution in [-0.4, -0.2) is 21.3 Å². The summed E-state index contributed by atoms with van der Waals surface area (Å²) in [4.78, 5) is 23.7. The summed E-state index contributed by atoms with van der Waals surface area (Å²) in [6.45, 7) is 0. The molecule has 1 heterocycles. The fraction of sp³-hybridized carbons (Fsp3) is 0.158. The summed E-state index contributed by atoms with van der Waals surface area (Å²) in [7, 11) is 0. The van der Waals surface area contributed by atoms with E-state index in [9.17, 15) is 24.2 Å². The van der Waals surface area contributed by atoms with Crippen molar-refractivity contribution in [3.63, 3.8) is 0 Å². The van der Waals surface area contributed by atoms with Gasteiger partial charge in [0, 0.05) is 30.5 Å². The second-order valence-corrected chi connectivity index (χ2v) is 5.79. The summed E-state index contributed by atoms with van der Waals surface area (Å²) in [6, 6.07) is 7.79. The van der Waals surface area contributed by atoms with Crippen LogP contribution in [0.25, 0.3) is 22.1 Å². The number of fused-ring (bicyclic) bond motifs is 1. The largest absolute Gasteiger partial charge is 0.508 e. The van der Waals surface area contributed by atoms with E-state index in [1.54, 1.807) is 6.07 Å². The van der Waals surface area contributed by atoms with Gasteiger partial charge in [0.15, 0.2) is 0 Å². The molecule has 26 heavy (non-hydrogen) atoms. The van der Waals surface area contributed by atoms with Crippen LogP contribution in [-0.2, 0) is 11.2 Å². The predicted octanol–water partition coefficient (Wildman–Crippen LogP) is 3.42. The lowest BCUT2D eigenvalue weighted by molar-refractivity contribution is -0.137. The average molecular weight is 358 g/mol. The van der Waals surface area contributed by atoms with Gasteiger partial charge >= 0.3 is 5.97 Å². The molecule has 0 saturated carbocycles. The molecule has 0 saturated heterocycles. The summed E-state index contributed by atoms with van der Waals surface area (Å²) in [6.07, 6.45) is 0.108. The highest BCUT2D eigenvalue weighted by molar-refractivity contribution is 5.89. The van der Waals surface area contributed by atoms with E-state index in [-0.39, 0.29) is 52.9 Å². The summed E-state index contributed by atoms with van der Waals surface area (Å²) in [5, 5.41) is 28.3. The van der Waals surface area contributed by atoms with Crippen LogP contribution in [0.3, 0.4) is 0 Å². The second-order valence-electron chi connectivity index (χ2n) is 5.79. The minimum atomic E-state index is -1.00. The molecule has 0 aliphatic rings. The lowest BCUT2D eigenvalue weighted by Crippen LogP contribution is -2.11. The number of aryl methyl sites for hydroxylation is 1. The van der Waals surface area contributed by atoms with E-state index in [1.807, 2.05) is 0 Å². The molecule has 0 bridgehead atoms. The van der Waals surface area contributed by atoms with Gasteiger partial charge in [-0.2, -0.15) is 0 Å². The van der Waals surface area contributed by atoms with Gasteiger partial charge in [-0.1, -0.05) is 18.2 Å². The number of benzene rings is 2. The molecule has 1 aromatic heterocycles. The first-order valence-corrected chi connectivity index (χ1v) is 7.87. The minimum Gasteiger partial charge on any atom is -0.508 e. The molecule has 0 spiro atoms. The van der Waals surface area contributed by atoms with E-state index in [4.69, 9.17) is 9.52 Å². The van der Waals surface area contributed by atoms with Crippen LogP contribution >= 0.6 is 0 Å². The van der Waals surface area contributed by atoms with Crippen molar-refractivity contribution in [1.82, 2.24) is 0 Å². The first kappa shape index (κ1) is 17.5. The highest BCUT2D eigenvalue weighted by Crippen LogP contribution is 2.33. The highest BCUT2D eigenvalue weighted by Gasteiger charge is 2.21. The Labute approximate surface area is 146 Å². The van der Waals surface area contributed by atoms with Gasteiger partial charge in [-0.05, 0) is 12.5 Å². The number of rotatable bonds is 5. The van der Waals surface area contributed by atoms with E-state index >= 15 is 0 Å². The van der Waals surface area contributed by atoms with Crippen molar-refractivity contribution in [1.29, 1.82) is 0 Å². The molecule has 7 heteroatoms. The monoisotopic (exact) mass is 358 g/mol. The zero-order valence-corrected chi connectivity index (χ0v) is 13.5. The predicted molar refractivity (Wildman–Crippen MR) is 91.8 cm³/mol. The molecule has 6 nitrogen and oxygen atoms in total. The third kappa shape index (κ3) is 3.23. The average Bonchev–Trinajstić information content (AvgIpc) is 2.55. The fourth-order valence-electron chi connectivity index (χ4n) is 2.84. The van der Waals surface area contributed by atoms with E-state index in [0.717, 1.165) is 6.07 Å². The van der Waals surface area contributed by atoms with Gasteiger partial charge in [-0.3, -0.25) is 9.59 Å². The summed E-state index contributed by atoms with van der Waals surface area (Å²) in [5.74, 6) is -2.33. The number of carboxylic acids is 1. The molecule has 2 aromatic carbocycles. The maximum atomic E-state index is 14.3. The van der Waals surface area contributed by atoms with Gasteiger partial charge < -0.3 is 19.7 Å². The number of halogens is 1. The zero-order chi connectivity index (χ0) is 18.8. The van der Waals surface area contributed by atoms with E-state index in [2.05, 4.69) is 0 Å². The lowest BCUT2D eigenvalue weighted by atomic mass is 9.98. The first-order chi connectivity index (χ1) is 12.4. The van der Waals surface area contributed by atoms with Gasteiger partial charge in [-0.15, -0.1) is 0 Å². The highest BCUT2D eigenvalue weighted by atomic mass is 19.1. The molecular formula is C19H15FO6. The smallest absolute Gasteiger partial charge is 0.303 e. The molecule has 0 aliphatic carbocycles. The third-order valence-electron chi connectivity index (χ3n) is 3.97. The number of hydrogen-bond donors (Lipinski definition) is 3. The Hall–Kier alpha value is -3.35. The maximum Gasteiger partial charge on any atom is 0.303 e. The summed E-state index contributed by atoms with van der Waals surface area (Å²) < 4.78 is 19.9. The van der Waals surface area contributed by atoms with Crippen LogP contribution in [0.2, 0.25) is 0 Å². The number of aliphatic carboxylic acids is 1. The van der Waals surface area contributed by atoms with Crippen LogP contribution in [0.4, 0.5) is 4.39 Å². The van der Waals surface area contributed by atoms with Crippen LogP contribution < -0.4 is 5.43 Å². The van der Waals surface area contributed by atoms with Crippen LogP contribution in [0.15, 0.2) is 45.6 Å². The number of aromatic hydroxyl groups is 2. The fourth-order valence-corrected chi connectivity index (χ4v) is 2.84. The van der Waals surface area contributed by atoms with Gasteiger partial charge in [0.25, 0.3) is 0 Å². The quantitative estimate of drug-likeness (QED) is 0.645. The molecule has 3 aromatic rings. The Morgan fingerprint density at radius 2 is 1.88 bits per heavy atom.